The summed E-state index contributed by atoms with van der Waals surface area (Å²) in [5.41, 5.74) is 4.94. The molecule has 29 heavy (non-hydrogen) atoms. The summed E-state index contributed by atoms with van der Waals surface area (Å²) in [6, 6.07) is 13.0. The highest BCUT2D eigenvalue weighted by atomic mass is 16.5. The monoisotopic (exact) mass is 390 g/mol. The third-order valence-corrected chi connectivity index (χ3v) is 5.03. The van der Waals surface area contributed by atoms with Gasteiger partial charge in [-0.1, -0.05) is 11.6 Å². The first-order valence-corrected chi connectivity index (χ1v) is 9.58. The zero-order valence-corrected chi connectivity index (χ0v) is 16.4. The SMILES string of the molecule is Cc1ccc2nc(C3CC3)cc(C(=O)Nc3ccc(OCC(=O)O)cc3C)c2c1. The number of aryl methyl sites for hydroxylation is 2. The molecule has 1 saturated carbocycles. The van der Waals surface area contributed by atoms with Gasteiger partial charge in [-0.05, 0) is 68.7 Å². The maximum absolute atomic E-state index is 13.1. The van der Waals surface area contributed by atoms with E-state index in [1.165, 1.54) is 0 Å². The highest BCUT2D eigenvalue weighted by Gasteiger charge is 2.27. The van der Waals surface area contributed by atoms with E-state index in [2.05, 4.69) is 5.32 Å². The van der Waals surface area contributed by atoms with Crippen molar-refractivity contribution in [2.24, 2.45) is 0 Å². The number of pyridine rings is 1. The number of carbonyl (C=O) groups excluding carboxylic acids is 1. The van der Waals surface area contributed by atoms with Crippen LogP contribution in [-0.2, 0) is 4.79 Å². The minimum absolute atomic E-state index is 0.188. The van der Waals surface area contributed by atoms with E-state index in [1.54, 1.807) is 18.2 Å². The molecular formula is C23H22N2O4. The number of anilines is 1. The number of hydrogen-bond acceptors (Lipinski definition) is 4. The molecule has 1 aromatic heterocycles. The van der Waals surface area contributed by atoms with Gasteiger partial charge >= 0.3 is 5.97 Å². The molecule has 148 valence electrons. The van der Waals surface area contributed by atoms with Crippen LogP contribution in [0.15, 0.2) is 42.5 Å². The third-order valence-electron chi connectivity index (χ3n) is 5.03. The average molecular weight is 390 g/mol. The first-order valence-electron chi connectivity index (χ1n) is 9.58. The van der Waals surface area contributed by atoms with Crippen LogP contribution in [-0.4, -0.2) is 28.6 Å². The van der Waals surface area contributed by atoms with E-state index < -0.39 is 12.6 Å². The van der Waals surface area contributed by atoms with E-state index in [4.69, 9.17) is 14.8 Å². The van der Waals surface area contributed by atoms with E-state index in [-0.39, 0.29) is 5.91 Å². The molecule has 1 heterocycles. The third kappa shape index (κ3) is 4.21. The van der Waals surface area contributed by atoms with Crippen molar-refractivity contribution in [3.8, 4) is 5.75 Å². The zero-order chi connectivity index (χ0) is 20.5. The summed E-state index contributed by atoms with van der Waals surface area (Å²) in [6.45, 7) is 3.43. The Balaban J connectivity index is 1.63. The van der Waals surface area contributed by atoms with Crippen molar-refractivity contribution in [2.75, 3.05) is 11.9 Å². The van der Waals surface area contributed by atoms with E-state index in [9.17, 15) is 9.59 Å². The van der Waals surface area contributed by atoms with Crippen molar-refractivity contribution in [3.05, 3.63) is 64.8 Å². The van der Waals surface area contributed by atoms with Crippen LogP contribution < -0.4 is 10.1 Å². The number of benzene rings is 2. The van der Waals surface area contributed by atoms with Crippen molar-refractivity contribution < 1.29 is 19.4 Å². The second-order valence-corrected chi connectivity index (χ2v) is 7.50. The standard InChI is InChI=1S/C23H22N2O4/c1-13-3-7-20-17(9-13)18(11-21(24-20)15-4-5-15)23(28)25-19-8-6-16(10-14(19)2)29-12-22(26)27/h3,6-11,15H,4-5,12H2,1-2H3,(H,25,28)(H,26,27). The summed E-state index contributed by atoms with van der Waals surface area (Å²) in [4.78, 5) is 28.5. The molecule has 0 bridgehead atoms. The van der Waals surface area contributed by atoms with Gasteiger partial charge in [0.15, 0.2) is 6.61 Å². The molecule has 1 aliphatic carbocycles. The van der Waals surface area contributed by atoms with E-state index >= 15 is 0 Å². The second kappa shape index (κ2) is 7.54. The number of hydrogen-bond donors (Lipinski definition) is 2. The minimum atomic E-state index is -1.04. The molecule has 3 aromatic rings. The fraction of sp³-hybridized carbons (Fsp3) is 0.261. The number of nitrogens with one attached hydrogen (secondary N) is 1. The predicted octanol–water partition coefficient (Wildman–Crippen LogP) is 4.44. The van der Waals surface area contributed by atoms with Gasteiger partial charge in [0.1, 0.15) is 5.75 Å². The summed E-state index contributed by atoms with van der Waals surface area (Å²) >= 11 is 0. The number of rotatable bonds is 6. The van der Waals surface area contributed by atoms with Gasteiger partial charge in [0.2, 0.25) is 0 Å². The van der Waals surface area contributed by atoms with E-state index in [0.717, 1.165) is 40.6 Å². The van der Waals surface area contributed by atoms with Gasteiger partial charge in [0.25, 0.3) is 5.91 Å². The number of carboxylic acid groups (broad SMARTS) is 1. The normalized spacial score (nSPS) is 13.3. The molecule has 0 atom stereocenters. The van der Waals surface area contributed by atoms with Crippen LogP contribution in [0.1, 0.15) is 45.9 Å². The second-order valence-electron chi connectivity index (χ2n) is 7.50. The molecule has 6 heteroatoms. The van der Waals surface area contributed by atoms with Crippen molar-refractivity contribution >= 4 is 28.5 Å². The van der Waals surface area contributed by atoms with Crippen LogP contribution in [0.3, 0.4) is 0 Å². The highest BCUT2D eigenvalue weighted by molar-refractivity contribution is 6.12. The van der Waals surface area contributed by atoms with Crippen molar-refractivity contribution in [1.82, 2.24) is 4.98 Å². The number of carbonyl (C=O) groups is 2. The Morgan fingerprint density at radius 1 is 1.14 bits per heavy atom. The van der Waals surface area contributed by atoms with Crippen LogP contribution in [0.2, 0.25) is 0 Å². The number of aromatic nitrogens is 1. The van der Waals surface area contributed by atoms with Crippen molar-refractivity contribution in [1.29, 1.82) is 0 Å². The van der Waals surface area contributed by atoms with Gasteiger partial charge in [-0.15, -0.1) is 0 Å². The zero-order valence-electron chi connectivity index (χ0n) is 16.4. The molecule has 0 aliphatic heterocycles. The van der Waals surface area contributed by atoms with E-state index in [0.29, 0.717) is 22.9 Å². The van der Waals surface area contributed by atoms with Crippen LogP contribution in [0.25, 0.3) is 10.9 Å². The molecule has 1 aliphatic rings. The number of ether oxygens (including phenoxy) is 1. The van der Waals surface area contributed by atoms with Gasteiger partial charge < -0.3 is 15.2 Å². The fourth-order valence-corrected chi connectivity index (χ4v) is 3.34. The van der Waals surface area contributed by atoms with Crippen LogP contribution in [0.4, 0.5) is 5.69 Å². The molecular weight excluding hydrogens is 368 g/mol. The van der Waals surface area contributed by atoms with Gasteiger partial charge in [-0.3, -0.25) is 9.78 Å². The Morgan fingerprint density at radius 2 is 1.93 bits per heavy atom. The number of amides is 1. The molecule has 1 amide bonds. The molecule has 1 fully saturated rings. The Bertz CT molecular complexity index is 1120. The summed E-state index contributed by atoms with van der Waals surface area (Å²) < 4.78 is 5.19. The quantitative estimate of drug-likeness (QED) is 0.649. The number of fused-ring (bicyclic) bond motifs is 1. The molecule has 0 spiro atoms. The molecule has 0 saturated heterocycles. The molecule has 4 rings (SSSR count). The first kappa shape index (κ1) is 18.9. The summed E-state index contributed by atoms with van der Waals surface area (Å²) in [5, 5.41) is 12.5. The molecule has 0 unspecified atom stereocenters. The first-order chi connectivity index (χ1) is 13.9. The lowest BCUT2D eigenvalue weighted by Crippen LogP contribution is -2.14. The largest absolute Gasteiger partial charge is 0.482 e. The van der Waals surface area contributed by atoms with E-state index in [1.807, 2.05) is 38.1 Å². The van der Waals surface area contributed by atoms with Crippen molar-refractivity contribution in [2.45, 2.75) is 32.6 Å². The molecule has 0 radical (unpaired) electrons. The Hall–Kier alpha value is -3.41. The highest BCUT2D eigenvalue weighted by Crippen LogP contribution is 2.40. The predicted molar refractivity (Wildman–Crippen MR) is 111 cm³/mol. The topological polar surface area (TPSA) is 88.5 Å². The smallest absolute Gasteiger partial charge is 0.341 e. The fourth-order valence-electron chi connectivity index (χ4n) is 3.34. The van der Waals surface area contributed by atoms with Gasteiger partial charge in [-0.25, -0.2) is 4.79 Å². The van der Waals surface area contributed by atoms with Crippen LogP contribution in [0, 0.1) is 13.8 Å². The molecule has 2 aromatic carbocycles. The maximum Gasteiger partial charge on any atom is 0.341 e. The summed E-state index contributed by atoms with van der Waals surface area (Å²) in [7, 11) is 0. The lowest BCUT2D eigenvalue weighted by Gasteiger charge is -2.13. The van der Waals surface area contributed by atoms with Gasteiger partial charge in [0.05, 0.1) is 11.1 Å². The molecule has 2 N–H and O–H groups in total. The van der Waals surface area contributed by atoms with Gasteiger partial charge in [0, 0.05) is 22.7 Å². The average Bonchev–Trinajstić information content (AvgIpc) is 3.52. The van der Waals surface area contributed by atoms with Crippen molar-refractivity contribution in [3.63, 3.8) is 0 Å². The maximum atomic E-state index is 13.1. The summed E-state index contributed by atoms with van der Waals surface area (Å²) in [6.07, 6.45) is 2.23. The van der Waals surface area contributed by atoms with Crippen LogP contribution >= 0.6 is 0 Å². The van der Waals surface area contributed by atoms with Crippen LogP contribution in [0.5, 0.6) is 5.75 Å². The lowest BCUT2D eigenvalue weighted by molar-refractivity contribution is -0.139. The number of carboxylic acids is 1. The minimum Gasteiger partial charge on any atom is -0.482 e. The Labute approximate surface area is 168 Å². The summed E-state index contributed by atoms with van der Waals surface area (Å²) in [5.74, 6) is -0.331. The number of aliphatic carboxylic acids is 1. The Kier molecular flexibility index (Phi) is 4.92. The lowest BCUT2D eigenvalue weighted by atomic mass is 10.0. The number of nitrogens with zero attached hydrogens (tertiary/aromatic N) is 1. The van der Waals surface area contributed by atoms with Gasteiger partial charge in [-0.2, -0.15) is 0 Å². The Morgan fingerprint density at radius 3 is 2.62 bits per heavy atom. The molecule has 6 nitrogen and oxygen atoms in total.